The summed E-state index contributed by atoms with van der Waals surface area (Å²) < 4.78 is 4.24. The van der Waals surface area contributed by atoms with Crippen LogP contribution in [0.2, 0.25) is 0 Å². The van der Waals surface area contributed by atoms with Crippen molar-refractivity contribution >= 4 is 12.1 Å². The molecule has 6 heteroatoms. The third-order valence-corrected chi connectivity index (χ3v) is 0.567. The zero-order chi connectivity index (χ0) is 7.98. The van der Waals surface area contributed by atoms with Gasteiger partial charge in [-0.25, -0.2) is 14.9 Å². The van der Waals surface area contributed by atoms with Crippen molar-refractivity contribution < 1.29 is 14.3 Å². The molecule has 0 saturated carbocycles. The maximum Gasteiger partial charge on any atom is 0.415 e. The van der Waals surface area contributed by atoms with E-state index in [0.717, 1.165) is 0 Å². The lowest BCUT2D eigenvalue weighted by Crippen LogP contribution is -2.28. The van der Waals surface area contributed by atoms with Crippen LogP contribution in [0.3, 0.4) is 0 Å². The number of nitroso groups, excluding NO2 is 1. The number of carbonyl (C=O) groups is 2. The van der Waals surface area contributed by atoms with Gasteiger partial charge in [0.15, 0.2) is 0 Å². The molecule has 56 valence electrons. The Bertz CT molecular complexity index is 155. The molecule has 0 aliphatic carbocycles. The first kappa shape index (κ1) is 8.54. The maximum atomic E-state index is 10.3. The number of urea groups is 1. The molecule has 0 aromatic heterocycles. The van der Waals surface area contributed by atoms with Gasteiger partial charge in [-0.15, -0.1) is 4.91 Å². The van der Waals surface area contributed by atoms with Gasteiger partial charge in [-0.3, -0.25) is 0 Å². The molecule has 0 aliphatic heterocycles. The van der Waals surface area contributed by atoms with E-state index in [9.17, 15) is 14.5 Å². The average molecular weight is 146 g/mol. The zero-order valence-electron chi connectivity index (χ0n) is 5.29. The van der Waals surface area contributed by atoms with Crippen LogP contribution < -0.4 is 5.32 Å². The summed E-state index contributed by atoms with van der Waals surface area (Å²) in [6.07, 6.45) is -0.966. The molecule has 0 spiro atoms. The van der Waals surface area contributed by atoms with Crippen LogP contribution in [0.5, 0.6) is 0 Å². The monoisotopic (exact) mass is 146 g/mol. The molecule has 0 unspecified atom stereocenters. The van der Waals surface area contributed by atoms with Gasteiger partial charge in [-0.1, -0.05) is 0 Å². The van der Waals surface area contributed by atoms with Crippen LogP contribution in [0.25, 0.3) is 0 Å². The lowest BCUT2D eigenvalue weighted by atomic mass is 10.8. The second-order valence-corrected chi connectivity index (χ2v) is 1.24. The third kappa shape index (κ3) is 3.53. The highest BCUT2D eigenvalue weighted by atomic mass is 16.5. The number of hydrogen-bond acceptors (Lipinski definition) is 4. The van der Waals surface area contributed by atoms with Gasteiger partial charge in [-0.2, -0.15) is 0 Å². The number of alkyl carbamates (subject to hydrolysis) is 1. The van der Waals surface area contributed by atoms with Crippen molar-refractivity contribution in [1.29, 1.82) is 0 Å². The highest BCUT2D eigenvalue weighted by molar-refractivity contribution is 5.90. The van der Waals surface area contributed by atoms with E-state index in [1.807, 2.05) is 5.18 Å². The van der Waals surface area contributed by atoms with Crippen LogP contribution in [0, 0.1) is 4.91 Å². The Balaban J connectivity index is 3.57. The highest BCUT2D eigenvalue weighted by Gasteiger charge is 2.05. The molecule has 6 nitrogen and oxygen atoms in total. The molecule has 3 amide bonds. The lowest BCUT2D eigenvalue weighted by Gasteiger charge is -1.97. The molecule has 0 saturated heterocycles. The van der Waals surface area contributed by atoms with Crippen molar-refractivity contribution in [3.63, 3.8) is 0 Å². The van der Waals surface area contributed by atoms with E-state index in [4.69, 9.17) is 0 Å². The number of nitrogens with zero attached hydrogens (tertiary/aromatic N) is 1. The Morgan fingerprint density at radius 3 is 2.60 bits per heavy atom. The van der Waals surface area contributed by atoms with E-state index < -0.39 is 12.1 Å². The van der Waals surface area contributed by atoms with E-state index in [2.05, 4.69) is 4.74 Å². The Morgan fingerprint density at radius 2 is 2.20 bits per heavy atom. The molecule has 0 aromatic carbocycles. The first-order valence-electron chi connectivity index (χ1n) is 2.51. The largest absolute Gasteiger partial charge is 0.450 e. The van der Waals surface area contributed by atoms with Crippen LogP contribution >= 0.6 is 0 Å². The molecule has 1 N–H and O–H groups in total. The molecule has 10 heavy (non-hydrogen) atoms. The standard InChI is InChI=1S/C4H6N2O4/c1-2-10-4(8)5-3(7)6-9/h2H2,1H3,(H,5,7,8). The first-order valence-corrected chi connectivity index (χ1v) is 2.51. The fraction of sp³-hybridized carbons (Fsp3) is 0.500. The number of nitrogens with one attached hydrogen (secondary N) is 1. The molecule has 0 fully saturated rings. The normalized spacial score (nSPS) is 8.10. The summed E-state index contributed by atoms with van der Waals surface area (Å²) >= 11 is 0. The molecule has 0 rings (SSSR count). The second-order valence-electron chi connectivity index (χ2n) is 1.24. The van der Waals surface area contributed by atoms with Crippen LogP contribution in [0.4, 0.5) is 9.59 Å². The average Bonchev–Trinajstić information content (AvgIpc) is 1.88. The molecule has 0 heterocycles. The Kier molecular flexibility index (Phi) is 3.78. The van der Waals surface area contributed by atoms with Gasteiger partial charge >= 0.3 is 12.1 Å². The van der Waals surface area contributed by atoms with E-state index in [1.54, 1.807) is 12.2 Å². The maximum absolute atomic E-state index is 10.3. The predicted molar refractivity (Wildman–Crippen MR) is 31.3 cm³/mol. The van der Waals surface area contributed by atoms with Crippen molar-refractivity contribution in [3.8, 4) is 0 Å². The number of carbonyl (C=O) groups excluding carboxylic acids is 2. The third-order valence-electron chi connectivity index (χ3n) is 0.567. The van der Waals surface area contributed by atoms with Gasteiger partial charge in [0.2, 0.25) is 0 Å². The number of imide groups is 1. The van der Waals surface area contributed by atoms with E-state index in [0.29, 0.717) is 0 Å². The van der Waals surface area contributed by atoms with Gasteiger partial charge in [0, 0.05) is 5.18 Å². The molecule has 0 aromatic rings. The number of ether oxygens (including phenoxy) is 1. The van der Waals surface area contributed by atoms with Gasteiger partial charge in [0.05, 0.1) is 6.61 Å². The summed E-state index contributed by atoms with van der Waals surface area (Å²) in [7, 11) is 0. The Morgan fingerprint density at radius 1 is 1.60 bits per heavy atom. The molecule has 0 atom stereocenters. The molecule has 0 radical (unpaired) electrons. The zero-order valence-corrected chi connectivity index (χ0v) is 5.29. The van der Waals surface area contributed by atoms with E-state index in [-0.39, 0.29) is 6.61 Å². The van der Waals surface area contributed by atoms with Crippen molar-refractivity contribution in [2.75, 3.05) is 6.61 Å². The topological polar surface area (TPSA) is 84.8 Å². The van der Waals surface area contributed by atoms with Crippen molar-refractivity contribution in [2.24, 2.45) is 5.18 Å². The molecular formula is C4H6N2O4. The molecule has 0 bridgehead atoms. The summed E-state index contributed by atoms with van der Waals surface area (Å²) in [4.78, 5) is 29.6. The smallest absolute Gasteiger partial charge is 0.415 e. The second kappa shape index (κ2) is 4.42. The van der Waals surface area contributed by atoms with Crippen LogP contribution in [0.1, 0.15) is 6.92 Å². The lowest BCUT2D eigenvalue weighted by molar-refractivity contribution is 0.153. The summed E-state index contributed by atoms with van der Waals surface area (Å²) in [5.74, 6) is 0. The Hall–Kier alpha value is -1.46. The van der Waals surface area contributed by atoms with Crippen LogP contribution in [-0.4, -0.2) is 18.7 Å². The number of rotatable bonds is 1. The minimum atomic E-state index is -1.25. The minimum Gasteiger partial charge on any atom is -0.450 e. The number of hydrogen-bond donors (Lipinski definition) is 1. The quantitative estimate of drug-likeness (QED) is 0.549. The summed E-state index contributed by atoms with van der Waals surface area (Å²) in [5, 5.41) is 3.46. The highest BCUT2D eigenvalue weighted by Crippen LogP contribution is 1.77. The van der Waals surface area contributed by atoms with E-state index >= 15 is 0 Å². The SMILES string of the molecule is CCOC(=O)NC(=O)N=O. The van der Waals surface area contributed by atoms with Gasteiger partial charge < -0.3 is 4.74 Å². The fourth-order valence-corrected chi connectivity index (χ4v) is 0.277. The summed E-state index contributed by atoms with van der Waals surface area (Å²) in [6.45, 7) is 1.70. The van der Waals surface area contributed by atoms with Crippen molar-refractivity contribution in [2.45, 2.75) is 6.92 Å². The fourth-order valence-electron chi connectivity index (χ4n) is 0.277. The minimum absolute atomic E-state index is 0.137. The summed E-state index contributed by atoms with van der Waals surface area (Å²) in [5.41, 5.74) is 0. The van der Waals surface area contributed by atoms with Crippen molar-refractivity contribution in [3.05, 3.63) is 4.91 Å². The van der Waals surface area contributed by atoms with Crippen molar-refractivity contribution in [1.82, 2.24) is 5.32 Å². The summed E-state index contributed by atoms with van der Waals surface area (Å²) in [6, 6.07) is -1.25. The van der Waals surface area contributed by atoms with Gasteiger partial charge in [-0.05, 0) is 6.92 Å². The van der Waals surface area contributed by atoms with Gasteiger partial charge in [0.1, 0.15) is 0 Å². The van der Waals surface area contributed by atoms with Crippen LogP contribution in [-0.2, 0) is 4.74 Å². The van der Waals surface area contributed by atoms with Crippen LogP contribution in [0.15, 0.2) is 5.18 Å². The molecule has 0 aliphatic rings. The number of amides is 3. The van der Waals surface area contributed by atoms with Gasteiger partial charge in [0.25, 0.3) is 0 Å². The first-order chi connectivity index (χ1) is 4.70. The molecular weight excluding hydrogens is 140 g/mol. The van der Waals surface area contributed by atoms with E-state index in [1.165, 1.54) is 0 Å². The predicted octanol–water partition coefficient (Wildman–Crippen LogP) is 0.619. The Labute approximate surface area is 56.5 Å².